The topological polar surface area (TPSA) is 95.7 Å². The molecule has 1 aliphatic heterocycles. The average Bonchev–Trinajstić information content (AvgIpc) is 3.27. The van der Waals surface area contributed by atoms with Crippen LogP contribution in [0.3, 0.4) is 0 Å². The molecule has 3 amide bonds. The summed E-state index contributed by atoms with van der Waals surface area (Å²) in [5.74, 6) is -2.96. The zero-order chi connectivity index (χ0) is 25.9. The summed E-state index contributed by atoms with van der Waals surface area (Å²) in [5, 5.41) is 2.67. The molecule has 2 aliphatic rings. The van der Waals surface area contributed by atoms with Crippen LogP contribution in [0.25, 0.3) is 0 Å². The number of aryl methyl sites for hydroxylation is 1. The maximum Gasteiger partial charge on any atom is 0.471 e. The van der Waals surface area contributed by atoms with Gasteiger partial charge in [0.2, 0.25) is 11.8 Å². The van der Waals surface area contributed by atoms with Crippen LogP contribution in [0.1, 0.15) is 63.6 Å². The zero-order valence-electron chi connectivity index (χ0n) is 20.5. The van der Waals surface area contributed by atoms with Crippen LogP contribution in [0.2, 0.25) is 0 Å². The standard InChI is InChI=1S/C25H35F3N4O3/c1-15(2)21(30-22(33)16(3)29)23(34)31-13-7-10-18(31)14-32(24(35)25(26,27)28)20-12-6-9-17-8-4-5-11-19(17)20/h4-5,8,11,15-16,18,20-21H,6-7,9-10,12-14,29H2,1-3H3,(H,30,33)/t16-,18-,20+,21-/m0/s1. The SMILES string of the molecule is CC(C)[C@H](NC(=O)[C@H](C)N)C(=O)N1CCC[C@H]1CN(C(=O)C(F)(F)F)[C@@H]1CCCc2ccccc21. The van der Waals surface area contributed by atoms with E-state index in [-0.39, 0.29) is 18.4 Å². The van der Waals surface area contributed by atoms with Crippen LogP contribution in [0, 0.1) is 5.92 Å². The number of nitrogens with two attached hydrogens (primary N) is 1. The maximum atomic E-state index is 13.7. The van der Waals surface area contributed by atoms with Crippen LogP contribution in [0.5, 0.6) is 0 Å². The minimum atomic E-state index is -5.02. The molecule has 194 valence electrons. The van der Waals surface area contributed by atoms with Gasteiger partial charge in [0.05, 0.1) is 12.1 Å². The van der Waals surface area contributed by atoms with Gasteiger partial charge >= 0.3 is 12.1 Å². The fourth-order valence-corrected chi connectivity index (χ4v) is 5.09. The third-order valence-corrected chi connectivity index (χ3v) is 6.93. The number of rotatable bonds is 7. The maximum absolute atomic E-state index is 13.7. The molecular weight excluding hydrogens is 461 g/mol. The van der Waals surface area contributed by atoms with Gasteiger partial charge in [0.1, 0.15) is 6.04 Å². The van der Waals surface area contributed by atoms with Crippen LogP contribution in [0.4, 0.5) is 13.2 Å². The molecule has 1 aromatic carbocycles. The van der Waals surface area contributed by atoms with Crippen LogP contribution >= 0.6 is 0 Å². The fourth-order valence-electron chi connectivity index (χ4n) is 5.09. The third-order valence-electron chi connectivity index (χ3n) is 6.93. The second-order valence-electron chi connectivity index (χ2n) is 9.91. The van der Waals surface area contributed by atoms with Gasteiger partial charge in [0, 0.05) is 19.1 Å². The Morgan fingerprint density at radius 2 is 1.83 bits per heavy atom. The molecule has 1 fully saturated rings. The largest absolute Gasteiger partial charge is 0.471 e. The Bertz CT molecular complexity index is 935. The summed E-state index contributed by atoms with van der Waals surface area (Å²) in [7, 11) is 0. The van der Waals surface area contributed by atoms with Crippen molar-refractivity contribution in [3.05, 3.63) is 35.4 Å². The Morgan fingerprint density at radius 1 is 1.14 bits per heavy atom. The van der Waals surface area contributed by atoms with Gasteiger partial charge in [-0.15, -0.1) is 0 Å². The molecule has 0 aromatic heterocycles. The van der Waals surface area contributed by atoms with Crippen molar-refractivity contribution in [1.29, 1.82) is 0 Å². The van der Waals surface area contributed by atoms with Crippen molar-refractivity contribution in [2.24, 2.45) is 11.7 Å². The molecule has 3 rings (SSSR count). The number of carbonyl (C=O) groups is 3. The molecule has 0 bridgehead atoms. The molecule has 0 spiro atoms. The normalized spacial score (nSPS) is 21.9. The molecule has 1 saturated heterocycles. The van der Waals surface area contributed by atoms with E-state index >= 15 is 0 Å². The smallest absolute Gasteiger partial charge is 0.343 e. The molecule has 3 N–H and O–H groups in total. The molecule has 1 aromatic rings. The van der Waals surface area contributed by atoms with E-state index in [9.17, 15) is 27.6 Å². The van der Waals surface area contributed by atoms with Crippen molar-refractivity contribution in [3.8, 4) is 0 Å². The Hall–Kier alpha value is -2.62. The summed E-state index contributed by atoms with van der Waals surface area (Å²) in [5.41, 5.74) is 7.32. The molecule has 1 aliphatic carbocycles. The summed E-state index contributed by atoms with van der Waals surface area (Å²) < 4.78 is 41.0. The summed E-state index contributed by atoms with van der Waals surface area (Å²) in [6.07, 6.45) is -2.07. The average molecular weight is 497 g/mol. The van der Waals surface area contributed by atoms with Gasteiger partial charge < -0.3 is 20.9 Å². The first-order valence-corrected chi connectivity index (χ1v) is 12.2. The number of amides is 3. The molecule has 4 atom stereocenters. The molecule has 1 heterocycles. The van der Waals surface area contributed by atoms with E-state index in [0.717, 1.165) is 22.4 Å². The van der Waals surface area contributed by atoms with Gasteiger partial charge in [0.25, 0.3) is 0 Å². The Morgan fingerprint density at radius 3 is 2.46 bits per heavy atom. The number of carbonyl (C=O) groups excluding carboxylic acids is 3. The van der Waals surface area contributed by atoms with Crippen LogP contribution in [-0.2, 0) is 20.8 Å². The van der Waals surface area contributed by atoms with Crippen molar-refractivity contribution < 1.29 is 27.6 Å². The van der Waals surface area contributed by atoms with Crippen molar-refractivity contribution in [3.63, 3.8) is 0 Å². The lowest BCUT2D eigenvalue weighted by atomic mass is 9.86. The van der Waals surface area contributed by atoms with Crippen molar-refractivity contribution >= 4 is 17.7 Å². The van der Waals surface area contributed by atoms with Crippen molar-refractivity contribution in [1.82, 2.24) is 15.1 Å². The van der Waals surface area contributed by atoms with Gasteiger partial charge in [-0.05, 0) is 56.1 Å². The van der Waals surface area contributed by atoms with E-state index in [1.807, 2.05) is 12.1 Å². The first-order valence-electron chi connectivity index (χ1n) is 12.2. The lowest BCUT2D eigenvalue weighted by molar-refractivity contribution is -0.189. The number of nitrogens with one attached hydrogen (secondary N) is 1. The highest BCUT2D eigenvalue weighted by Crippen LogP contribution is 2.37. The van der Waals surface area contributed by atoms with E-state index in [1.54, 1.807) is 26.0 Å². The van der Waals surface area contributed by atoms with Crippen molar-refractivity contribution in [2.75, 3.05) is 13.1 Å². The van der Waals surface area contributed by atoms with E-state index in [2.05, 4.69) is 5.32 Å². The lowest BCUT2D eigenvalue weighted by Gasteiger charge is -2.40. The Labute approximate surface area is 204 Å². The molecule has 7 nitrogen and oxygen atoms in total. The number of benzene rings is 1. The first-order chi connectivity index (χ1) is 16.4. The lowest BCUT2D eigenvalue weighted by Crippen LogP contribution is -2.57. The van der Waals surface area contributed by atoms with Crippen LogP contribution in [-0.4, -0.2) is 64.9 Å². The summed E-state index contributed by atoms with van der Waals surface area (Å²) in [4.78, 5) is 40.7. The molecular formula is C25H35F3N4O3. The molecule has 35 heavy (non-hydrogen) atoms. The van der Waals surface area contributed by atoms with Gasteiger partial charge in [-0.2, -0.15) is 13.2 Å². The quantitative estimate of drug-likeness (QED) is 0.607. The zero-order valence-corrected chi connectivity index (χ0v) is 20.5. The van der Waals surface area contributed by atoms with Gasteiger partial charge in [-0.1, -0.05) is 38.1 Å². The first kappa shape index (κ1) is 27.0. The van der Waals surface area contributed by atoms with Crippen LogP contribution in [0.15, 0.2) is 24.3 Å². The monoisotopic (exact) mass is 496 g/mol. The predicted octanol–water partition coefficient (Wildman–Crippen LogP) is 2.93. The number of likely N-dealkylation sites (tertiary alicyclic amines) is 1. The number of fused-ring (bicyclic) bond motifs is 1. The van der Waals surface area contributed by atoms with Gasteiger partial charge in [0.15, 0.2) is 0 Å². The number of nitrogens with zero attached hydrogens (tertiary/aromatic N) is 2. The van der Waals surface area contributed by atoms with E-state index < -0.39 is 42.2 Å². The highest BCUT2D eigenvalue weighted by Gasteiger charge is 2.47. The van der Waals surface area contributed by atoms with Gasteiger partial charge in [-0.25, -0.2) is 0 Å². The second kappa shape index (κ2) is 11.0. The number of hydrogen-bond acceptors (Lipinski definition) is 4. The molecule has 0 saturated carbocycles. The predicted molar refractivity (Wildman–Crippen MR) is 125 cm³/mol. The highest BCUT2D eigenvalue weighted by atomic mass is 19.4. The van der Waals surface area contributed by atoms with E-state index in [0.29, 0.717) is 32.2 Å². The molecule has 10 heteroatoms. The number of halogens is 3. The second-order valence-corrected chi connectivity index (χ2v) is 9.91. The minimum Gasteiger partial charge on any atom is -0.343 e. The number of hydrogen-bond donors (Lipinski definition) is 2. The van der Waals surface area contributed by atoms with Crippen molar-refractivity contribution in [2.45, 2.75) is 83.2 Å². The highest BCUT2D eigenvalue weighted by molar-refractivity contribution is 5.90. The number of alkyl halides is 3. The van der Waals surface area contributed by atoms with Gasteiger partial charge in [-0.3, -0.25) is 14.4 Å². The van der Waals surface area contributed by atoms with E-state index in [4.69, 9.17) is 5.73 Å². The fraction of sp³-hybridized carbons (Fsp3) is 0.640. The summed E-state index contributed by atoms with van der Waals surface area (Å²) in [6.45, 7) is 5.23. The molecule has 0 radical (unpaired) electrons. The molecule has 0 unspecified atom stereocenters. The summed E-state index contributed by atoms with van der Waals surface area (Å²) in [6, 6.07) is 4.36. The van der Waals surface area contributed by atoms with E-state index in [1.165, 1.54) is 11.8 Å². The Balaban J connectivity index is 1.88. The summed E-state index contributed by atoms with van der Waals surface area (Å²) >= 11 is 0. The Kier molecular flexibility index (Phi) is 8.46. The van der Waals surface area contributed by atoms with Crippen LogP contribution < -0.4 is 11.1 Å². The third kappa shape index (κ3) is 6.15. The minimum absolute atomic E-state index is 0.213.